The molecule has 0 bridgehead atoms. The van der Waals surface area contributed by atoms with Gasteiger partial charge >= 0.3 is 0 Å². The van der Waals surface area contributed by atoms with Gasteiger partial charge in [-0.05, 0) is 48.7 Å². The predicted octanol–water partition coefficient (Wildman–Crippen LogP) is 3.55. The van der Waals surface area contributed by atoms with Crippen molar-refractivity contribution in [2.45, 2.75) is 24.3 Å². The Bertz CT molecular complexity index is 1250. The summed E-state index contributed by atoms with van der Waals surface area (Å²) in [5.41, 5.74) is 2.17. The van der Waals surface area contributed by atoms with E-state index in [4.69, 9.17) is 14.2 Å². The molecule has 0 saturated heterocycles. The van der Waals surface area contributed by atoms with Gasteiger partial charge in [-0.25, -0.2) is 8.42 Å². The van der Waals surface area contributed by atoms with E-state index in [1.165, 1.54) is 39.5 Å². The number of sulfonamides is 1. The highest BCUT2D eigenvalue weighted by atomic mass is 32.2. The molecule has 0 saturated carbocycles. The van der Waals surface area contributed by atoms with E-state index in [0.29, 0.717) is 17.2 Å². The number of nitrogens with one attached hydrogen (secondary N) is 2. The number of aryl methyl sites for hydroxylation is 1. The summed E-state index contributed by atoms with van der Waals surface area (Å²) in [6, 6.07) is 17.7. The van der Waals surface area contributed by atoms with E-state index in [9.17, 15) is 13.2 Å². The van der Waals surface area contributed by atoms with Crippen LogP contribution in [0.3, 0.4) is 0 Å². The molecule has 0 spiro atoms. The van der Waals surface area contributed by atoms with Crippen molar-refractivity contribution < 1.29 is 27.4 Å². The van der Waals surface area contributed by atoms with Crippen molar-refractivity contribution in [2.24, 2.45) is 0 Å². The minimum absolute atomic E-state index is 0.0517. The minimum Gasteiger partial charge on any atom is -0.495 e. The Kier molecular flexibility index (Phi) is 8.14. The first-order valence-corrected chi connectivity index (χ1v) is 12.0. The maximum atomic E-state index is 13.3. The summed E-state index contributed by atoms with van der Waals surface area (Å²) in [6.07, 6.45) is 0.146. The van der Waals surface area contributed by atoms with Crippen LogP contribution in [0.4, 0.5) is 5.69 Å². The Hall–Kier alpha value is -3.56. The quantitative estimate of drug-likeness (QED) is 0.456. The molecule has 0 aliphatic carbocycles. The van der Waals surface area contributed by atoms with Crippen molar-refractivity contribution in [3.63, 3.8) is 0 Å². The van der Waals surface area contributed by atoms with Crippen LogP contribution in [0.1, 0.15) is 11.1 Å². The Morgan fingerprint density at radius 3 is 2.15 bits per heavy atom. The van der Waals surface area contributed by atoms with E-state index in [1.807, 2.05) is 43.3 Å². The normalized spacial score (nSPS) is 12.0. The molecule has 3 aromatic carbocycles. The van der Waals surface area contributed by atoms with Crippen molar-refractivity contribution >= 4 is 21.6 Å². The lowest BCUT2D eigenvalue weighted by molar-refractivity contribution is -0.117. The molecule has 34 heavy (non-hydrogen) atoms. The lowest BCUT2D eigenvalue weighted by Gasteiger charge is -2.20. The number of methoxy groups -OCH3 is 3. The average molecular weight is 485 g/mol. The SMILES string of the molecule is COc1ccc(C)cc1NC(=O)C(Cc1ccccc1)NS(=O)(=O)c1ccc(OC)c(OC)c1. The Balaban J connectivity index is 1.93. The monoisotopic (exact) mass is 484 g/mol. The zero-order valence-electron chi connectivity index (χ0n) is 19.5. The second kappa shape index (κ2) is 11.0. The summed E-state index contributed by atoms with van der Waals surface area (Å²) in [6.45, 7) is 1.89. The van der Waals surface area contributed by atoms with Crippen LogP contribution < -0.4 is 24.2 Å². The van der Waals surface area contributed by atoms with Gasteiger partial charge in [0, 0.05) is 6.07 Å². The van der Waals surface area contributed by atoms with Gasteiger partial charge in [-0.15, -0.1) is 0 Å². The van der Waals surface area contributed by atoms with Gasteiger partial charge in [0.25, 0.3) is 0 Å². The average Bonchev–Trinajstić information content (AvgIpc) is 2.83. The second-order valence-electron chi connectivity index (χ2n) is 7.57. The fourth-order valence-corrected chi connectivity index (χ4v) is 4.63. The largest absolute Gasteiger partial charge is 0.495 e. The summed E-state index contributed by atoms with van der Waals surface area (Å²) >= 11 is 0. The van der Waals surface area contributed by atoms with Gasteiger partial charge in [0.2, 0.25) is 15.9 Å². The number of hydrogen-bond donors (Lipinski definition) is 2. The molecule has 180 valence electrons. The van der Waals surface area contributed by atoms with Crippen molar-refractivity contribution in [3.8, 4) is 17.2 Å². The number of rotatable bonds is 10. The maximum Gasteiger partial charge on any atom is 0.243 e. The van der Waals surface area contributed by atoms with Gasteiger partial charge in [-0.2, -0.15) is 4.72 Å². The van der Waals surface area contributed by atoms with Crippen LogP contribution in [0.25, 0.3) is 0 Å². The number of amides is 1. The number of carbonyl (C=O) groups is 1. The van der Waals surface area contributed by atoms with Crippen LogP contribution in [0.15, 0.2) is 71.6 Å². The van der Waals surface area contributed by atoms with E-state index >= 15 is 0 Å². The zero-order chi connectivity index (χ0) is 24.7. The maximum absolute atomic E-state index is 13.3. The standard InChI is InChI=1S/C25H28N2O6S/c1-17-10-12-22(31-2)20(14-17)26-25(28)21(15-18-8-6-5-7-9-18)27-34(29,30)19-11-13-23(32-3)24(16-19)33-4/h5-14,16,21,27H,15H2,1-4H3,(H,26,28). The molecule has 1 unspecified atom stereocenters. The summed E-state index contributed by atoms with van der Waals surface area (Å²) in [7, 11) is 0.307. The molecule has 0 aliphatic heterocycles. The summed E-state index contributed by atoms with van der Waals surface area (Å²) in [5, 5.41) is 2.80. The van der Waals surface area contributed by atoms with Crippen LogP contribution in [0.2, 0.25) is 0 Å². The van der Waals surface area contributed by atoms with Crippen LogP contribution in [-0.2, 0) is 21.2 Å². The molecule has 3 rings (SSSR count). The van der Waals surface area contributed by atoms with Gasteiger partial charge in [-0.3, -0.25) is 4.79 Å². The third-order valence-electron chi connectivity index (χ3n) is 5.17. The molecule has 8 nitrogen and oxygen atoms in total. The molecule has 9 heteroatoms. The zero-order valence-corrected chi connectivity index (χ0v) is 20.3. The number of benzene rings is 3. The lowest BCUT2D eigenvalue weighted by atomic mass is 10.1. The van der Waals surface area contributed by atoms with E-state index in [1.54, 1.807) is 12.1 Å². The molecule has 2 N–H and O–H groups in total. The Morgan fingerprint density at radius 2 is 1.50 bits per heavy atom. The van der Waals surface area contributed by atoms with Crippen molar-refractivity contribution in [1.82, 2.24) is 4.72 Å². The number of anilines is 1. The van der Waals surface area contributed by atoms with Crippen LogP contribution >= 0.6 is 0 Å². The topological polar surface area (TPSA) is 103 Å². The van der Waals surface area contributed by atoms with Gasteiger partial charge < -0.3 is 19.5 Å². The molecule has 0 fully saturated rings. The Labute approximate surface area is 199 Å². The molecule has 0 aromatic heterocycles. The van der Waals surface area contributed by atoms with Crippen LogP contribution in [-0.4, -0.2) is 41.7 Å². The fourth-order valence-electron chi connectivity index (χ4n) is 3.42. The highest BCUT2D eigenvalue weighted by Crippen LogP contribution is 2.30. The van der Waals surface area contributed by atoms with Crippen molar-refractivity contribution in [2.75, 3.05) is 26.6 Å². The Morgan fingerprint density at radius 1 is 0.853 bits per heavy atom. The van der Waals surface area contributed by atoms with E-state index < -0.39 is 22.0 Å². The molecule has 0 radical (unpaired) electrons. The summed E-state index contributed by atoms with van der Waals surface area (Å²) in [5.74, 6) is 0.613. The van der Waals surface area contributed by atoms with Gasteiger partial charge in [0.15, 0.2) is 11.5 Å². The first-order chi connectivity index (χ1) is 16.3. The smallest absolute Gasteiger partial charge is 0.243 e. The van der Waals surface area contributed by atoms with Crippen molar-refractivity contribution in [3.05, 3.63) is 77.9 Å². The van der Waals surface area contributed by atoms with Gasteiger partial charge in [0.1, 0.15) is 11.8 Å². The first-order valence-electron chi connectivity index (χ1n) is 10.5. The highest BCUT2D eigenvalue weighted by Gasteiger charge is 2.27. The third kappa shape index (κ3) is 6.06. The molecular formula is C25H28N2O6S. The third-order valence-corrected chi connectivity index (χ3v) is 6.64. The molecule has 1 atom stereocenters. The highest BCUT2D eigenvalue weighted by molar-refractivity contribution is 7.89. The van der Waals surface area contributed by atoms with Gasteiger partial charge in [-0.1, -0.05) is 36.4 Å². The molecule has 1 amide bonds. The fraction of sp³-hybridized carbons (Fsp3) is 0.240. The van der Waals surface area contributed by atoms with Gasteiger partial charge in [0.05, 0.1) is 31.9 Å². The summed E-state index contributed by atoms with van der Waals surface area (Å²) < 4.78 is 44.7. The van der Waals surface area contributed by atoms with E-state index in [0.717, 1.165) is 11.1 Å². The number of carbonyl (C=O) groups excluding carboxylic acids is 1. The minimum atomic E-state index is -4.08. The van der Waals surface area contributed by atoms with Crippen molar-refractivity contribution in [1.29, 1.82) is 0 Å². The van der Waals surface area contributed by atoms with E-state index in [-0.39, 0.29) is 17.1 Å². The van der Waals surface area contributed by atoms with Crippen LogP contribution in [0, 0.1) is 6.92 Å². The molecule has 0 aliphatic rings. The molecule has 3 aromatic rings. The number of hydrogen-bond acceptors (Lipinski definition) is 6. The van der Waals surface area contributed by atoms with Crippen LogP contribution in [0.5, 0.6) is 17.2 Å². The van der Waals surface area contributed by atoms with E-state index in [2.05, 4.69) is 10.0 Å². The molecule has 0 heterocycles. The first kappa shape index (κ1) is 25.1. The second-order valence-corrected chi connectivity index (χ2v) is 9.29. The number of ether oxygens (including phenoxy) is 3. The summed E-state index contributed by atoms with van der Waals surface area (Å²) in [4.78, 5) is 13.2. The lowest BCUT2D eigenvalue weighted by Crippen LogP contribution is -2.45. The predicted molar refractivity (Wildman–Crippen MR) is 130 cm³/mol. The molecular weight excluding hydrogens is 456 g/mol.